The Bertz CT molecular complexity index is 820. The lowest BCUT2D eigenvalue weighted by Crippen LogP contribution is -2.18. The van der Waals surface area contributed by atoms with E-state index in [2.05, 4.69) is 4.98 Å². The van der Waals surface area contributed by atoms with Crippen molar-refractivity contribution in [2.45, 2.75) is 6.92 Å². The largest absolute Gasteiger partial charge is 0.289 e. The van der Waals surface area contributed by atoms with Gasteiger partial charge in [0, 0.05) is 18.0 Å². The standard InChI is InChI=1S/C18H16N2O2S/c1-14-11-12-19-13-18(14)15-7-9-17(10-8-15)20(23(21)22)16-5-3-2-4-6-16/h2-13H,1H3,(H,21,22). The normalized spacial score (nSPS) is 11.9. The Morgan fingerprint density at radius 3 is 2.22 bits per heavy atom. The molecule has 5 heteroatoms. The van der Waals surface area contributed by atoms with E-state index < -0.39 is 11.3 Å². The zero-order valence-electron chi connectivity index (χ0n) is 12.6. The number of aromatic nitrogens is 1. The Kier molecular flexibility index (Phi) is 4.50. The highest BCUT2D eigenvalue weighted by Crippen LogP contribution is 2.29. The summed E-state index contributed by atoms with van der Waals surface area (Å²) in [6.45, 7) is 2.03. The van der Waals surface area contributed by atoms with Crippen LogP contribution in [0.15, 0.2) is 73.1 Å². The number of hydrogen-bond donors (Lipinski definition) is 1. The molecule has 4 nitrogen and oxygen atoms in total. The smallest absolute Gasteiger partial charge is 0.266 e. The molecule has 0 fully saturated rings. The first-order valence-electron chi connectivity index (χ1n) is 7.14. The van der Waals surface area contributed by atoms with Crippen molar-refractivity contribution in [2.24, 2.45) is 0 Å². The third-order valence-electron chi connectivity index (χ3n) is 3.60. The summed E-state index contributed by atoms with van der Waals surface area (Å²) in [6.07, 6.45) is 3.59. The van der Waals surface area contributed by atoms with Crippen LogP contribution in [-0.4, -0.2) is 13.7 Å². The highest BCUT2D eigenvalue weighted by molar-refractivity contribution is 7.81. The van der Waals surface area contributed by atoms with E-state index >= 15 is 0 Å². The molecule has 0 aliphatic rings. The maximum Gasteiger partial charge on any atom is 0.266 e. The lowest BCUT2D eigenvalue weighted by atomic mass is 10.0. The summed E-state index contributed by atoms with van der Waals surface area (Å²) in [6, 6.07) is 18.6. The van der Waals surface area contributed by atoms with E-state index in [0.29, 0.717) is 11.4 Å². The molecular formula is C18H16N2O2S. The molecule has 0 bridgehead atoms. The summed E-state index contributed by atoms with van der Waals surface area (Å²) >= 11 is -2.14. The van der Waals surface area contributed by atoms with Gasteiger partial charge in [-0.15, -0.1) is 0 Å². The van der Waals surface area contributed by atoms with E-state index in [1.807, 2.05) is 61.7 Å². The van der Waals surface area contributed by atoms with Gasteiger partial charge in [-0.2, -0.15) is 0 Å². The minimum Gasteiger partial charge on any atom is -0.289 e. The second kappa shape index (κ2) is 6.73. The number of aryl methyl sites for hydroxylation is 1. The van der Waals surface area contributed by atoms with Crippen LogP contribution in [0.1, 0.15) is 5.56 Å². The number of hydrogen-bond acceptors (Lipinski definition) is 2. The molecule has 23 heavy (non-hydrogen) atoms. The Morgan fingerprint density at radius 1 is 0.957 bits per heavy atom. The van der Waals surface area contributed by atoms with Crippen LogP contribution < -0.4 is 4.31 Å². The van der Waals surface area contributed by atoms with E-state index in [0.717, 1.165) is 16.7 Å². The molecule has 0 amide bonds. The third-order valence-corrected chi connectivity index (χ3v) is 4.33. The summed E-state index contributed by atoms with van der Waals surface area (Å²) in [4.78, 5) is 4.16. The van der Waals surface area contributed by atoms with Gasteiger partial charge in [0.2, 0.25) is 0 Å². The Morgan fingerprint density at radius 2 is 1.61 bits per heavy atom. The minimum absolute atomic E-state index is 0.655. The summed E-state index contributed by atoms with van der Waals surface area (Å²) in [5.41, 5.74) is 4.53. The summed E-state index contributed by atoms with van der Waals surface area (Å²) in [5.74, 6) is 0. The first-order valence-corrected chi connectivity index (χ1v) is 8.20. The van der Waals surface area contributed by atoms with Crippen molar-refractivity contribution in [3.8, 4) is 11.1 Å². The fourth-order valence-electron chi connectivity index (χ4n) is 2.44. The first kappa shape index (κ1) is 15.4. The van der Waals surface area contributed by atoms with Gasteiger partial charge in [0.15, 0.2) is 0 Å². The van der Waals surface area contributed by atoms with Crippen LogP contribution in [0.25, 0.3) is 11.1 Å². The summed E-state index contributed by atoms with van der Waals surface area (Å²) in [7, 11) is 0. The van der Waals surface area contributed by atoms with Gasteiger partial charge in [-0.25, -0.2) is 8.51 Å². The van der Waals surface area contributed by atoms with Crippen molar-refractivity contribution in [1.29, 1.82) is 0 Å². The molecule has 0 aliphatic heterocycles. The van der Waals surface area contributed by atoms with Gasteiger partial charge < -0.3 is 0 Å². The average Bonchev–Trinajstić information content (AvgIpc) is 2.57. The van der Waals surface area contributed by atoms with E-state index in [1.165, 1.54) is 4.31 Å². The molecule has 2 aromatic carbocycles. The lowest BCUT2D eigenvalue weighted by molar-refractivity contribution is 0.564. The Hall–Kier alpha value is -2.50. The maximum absolute atomic E-state index is 11.7. The van der Waals surface area contributed by atoms with E-state index in [-0.39, 0.29) is 0 Å². The molecule has 0 saturated carbocycles. The van der Waals surface area contributed by atoms with Gasteiger partial charge in [-0.05, 0) is 48.4 Å². The Balaban J connectivity index is 1.98. The number of para-hydroxylation sites is 1. The predicted octanol–water partition coefficient (Wildman–Crippen LogP) is 4.33. The maximum atomic E-state index is 11.7. The minimum atomic E-state index is -2.14. The number of benzene rings is 2. The van der Waals surface area contributed by atoms with Crippen molar-refractivity contribution in [2.75, 3.05) is 4.31 Å². The molecule has 3 aromatic rings. The van der Waals surface area contributed by atoms with Crippen molar-refractivity contribution in [1.82, 2.24) is 4.98 Å². The van der Waals surface area contributed by atoms with Gasteiger partial charge in [-0.3, -0.25) is 9.54 Å². The molecule has 1 aromatic heterocycles. The van der Waals surface area contributed by atoms with Crippen molar-refractivity contribution in [3.63, 3.8) is 0 Å². The highest BCUT2D eigenvalue weighted by atomic mass is 32.2. The van der Waals surface area contributed by atoms with E-state index in [9.17, 15) is 8.76 Å². The second-order valence-corrected chi connectivity index (χ2v) is 5.92. The van der Waals surface area contributed by atoms with Crippen molar-refractivity contribution < 1.29 is 8.76 Å². The third kappa shape index (κ3) is 3.31. The fraction of sp³-hybridized carbons (Fsp3) is 0.0556. The highest BCUT2D eigenvalue weighted by Gasteiger charge is 2.14. The van der Waals surface area contributed by atoms with Gasteiger partial charge in [-0.1, -0.05) is 30.3 Å². The predicted molar refractivity (Wildman–Crippen MR) is 93.8 cm³/mol. The van der Waals surface area contributed by atoms with Crippen LogP contribution in [0.4, 0.5) is 11.4 Å². The fourth-order valence-corrected chi connectivity index (χ4v) is 3.04. The number of nitrogens with zero attached hydrogens (tertiary/aromatic N) is 2. The average molecular weight is 324 g/mol. The van der Waals surface area contributed by atoms with Gasteiger partial charge in [0.25, 0.3) is 11.3 Å². The molecule has 0 saturated heterocycles. The Labute approximate surface area is 137 Å². The molecule has 1 heterocycles. The number of pyridine rings is 1. The molecule has 1 atom stereocenters. The summed E-state index contributed by atoms with van der Waals surface area (Å²) in [5, 5.41) is 0. The van der Waals surface area contributed by atoms with Crippen molar-refractivity contribution >= 4 is 22.6 Å². The van der Waals surface area contributed by atoms with Crippen LogP contribution in [0, 0.1) is 6.92 Å². The number of rotatable bonds is 4. The molecule has 116 valence electrons. The summed E-state index contributed by atoms with van der Waals surface area (Å²) < 4.78 is 22.7. The van der Waals surface area contributed by atoms with E-state index in [4.69, 9.17) is 0 Å². The monoisotopic (exact) mass is 324 g/mol. The van der Waals surface area contributed by atoms with Crippen LogP contribution >= 0.6 is 0 Å². The first-order chi connectivity index (χ1) is 11.2. The molecule has 0 radical (unpaired) electrons. The van der Waals surface area contributed by atoms with E-state index in [1.54, 1.807) is 18.3 Å². The van der Waals surface area contributed by atoms with Gasteiger partial charge >= 0.3 is 0 Å². The van der Waals surface area contributed by atoms with Crippen LogP contribution in [-0.2, 0) is 11.3 Å². The van der Waals surface area contributed by atoms with Gasteiger partial charge in [0.05, 0.1) is 11.4 Å². The second-order valence-electron chi connectivity index (χ2n) is 5.10. The quantitative estimate of drug-likeness (QED) is 0.727. The molecule has 1 unspecified atom stereocenters. The molecule has 3 rings (SSSR count). The SMILES string of the molecule is Cc1ccncc1-c1ccc(N(c2ccccc2)S(=O)O)cc1. The number of anilines is 2. The molecule has 1 N–H and O–H groups in total. The zero-order valence-corrected chi connectivity index (χ0v) is 13.4. The van der Waals surface area contributed by atoms with Crippen LogP contribution in [0.5, 0.6) is 0 Å². The molecular weight excluding hydrogens is 308 g/mol. The zero-order chi connectivity index (χ0) is 16.2. The van der Waals surface area contributed by atoms with Gasteiger partial charge in [0.1, 0.15) is 0 Å². The lowest BCUT2D eigenvalue weighted by Gasteiger charge is -2.20. The van der Waals surface area contributed by atoms with Crippen molar-refractivity contribution in [3.05, 3.63) is 78.6 Å². The van der Waals surface area contributed by atoms with Crippen LogP contribution in [0.2, 0.25) is 0 Å². The van der Waals surface area contributed by atoms with Crippen LogP contribution in [0.3, 0.4) is 0 Å². The molecule has 0 aliphatic carbocycles. The topological polar surface area (TPSA) is 53.4 Å². The molecule has 0 spiro atoms.